The van der Waals surface area contributed by atoms with Crippen LogP contribution in [0.4, 0.5) is 0 Å². The van der Waals surface area contributed by atoms with Gasteiger partial charge in [-0.1, -0.05) is 6.92 Å². The lowest BCUT2D eigenvalue weighted by atomic mass is 10.0. The molecule has 0 bridgehead atoms. The molecule has 2 heterocycles. The van der Waals surface area contributed by atoms with E-state index in [2.05, 4.69) is 16.0 Å². The SMILES string of the molecule is CCC(=O)NC1CCCN(C(=O)/C(C#N)=C/c2cc(C)n(-c3ccc(OC)cc3)c2C)C1. The summed E-state index contributed by atoms with van der Waals surface area (Å²) in [5.41, 5.74) is 3.86. The van der Waals surface area contributed by atoms with Crippen LogP contribution in [0.2, 0.25) is 0 Å². The maximum absolute atomic E-state index is 13.1. The van der Waals surface area contributed by atoms with Crippen LogP contribution in [-0.4, -0.2) is 47.5 Å². The second kappa shape index (κ2) is 10.2. The molecule has 0 radical (unpaired) electrons. The van der Waals surface area contributed by atoms with E-state index < -0.39 is 0 Å². The summed E-state index contributed by atoms with van der Waals surface area (Å²) >= 11 is 0. The zero-order valence-electron chi connectivity index (χ0n) is 19.1. The average molecular weight is 435 g/mol. The summed E-state index contributed by atoms with van der Waals surface area (Å²) in [6.45, 7) is 6.78. The quantitative estimate of drug-likeness (QED) is 0.557. The molecule has 2 amide bonds. The largest absolute Gasteiger partial charge is 0.497 e. The summed E-state index contributed by atoms with van der Waals surface area (Å²) in [6.07, 6.45) is 3.71. The zero-order valence-corrected chi connectivity index (χ0v) is 19.1. The Morgan fingerprint density at radius 2 is 2.00 bits per heavy atom. The molecule has 1 aliphatic heterocycles. The van der Waals surface area contributed by atoms with Crippen LogP contribution in [0.5, 0.6) is 5.75 Å². The summed E-state index contributed by atoms with van der Waals surface area (Å²) in [6, 6.07) is 11.7. The summed E-state index contributed by atoms with van der Waals surface area (Å²) < 4.78 is 7.32. The number of carbonyl (C=O) groups excluding carboxylic acids is 2. The van der Waals surface area contributed by atoms with Crippen LogP contribution < -0.4 is 10.1 Å². The van der Waals surface area contributed by atoms with Crippen molar-refractivity contribution in [3.8, 4) is 17.5 Å². The topological polar surface area (TPSA) is 87.4 Å². The summed E-state index contributed by atoms with van der Waals surface area (Å²) in [5, 5.41) is 12.7. The molecule has 1 aromatic heterocycles. The van der Waals surface area contributed by atoms with Crippen LogP contribution >= 0.6 is 0 Å². The lowest BCUT2D eigenvalue weighted by molar-refractivity contribution is -0.129. The van der Waals surface area contributed by atoms with E-state index in [4.69, 9.17) is 4.74 Å². The van der Waals surface area contributed by atoms with Crippen LogP contribution in [0.25, 0.3) is 11.8 Å². The smallest absolute Gasteiger partial charge is 0.264 e. The molecule has 1 aromatic carbocycles. The number of rotatable bonds is 6. The molecule has 1 N–H and O–H groups in total. The second-order valence-corrected chi connectivity index (χ2v) is 8.04. The lowest BCUT2D eigenvalue weighted by Crippen LogP contribution is -2.49. The summed E-state index contributed by atoms with van der Waals surface area (Å²) in [4.78, 5) is 26.5. The number of piperidine rings is 1. The number of likely N-dealkylation sites (tertiary alicyclic amines) is 1. The molecular weight excluding hydrogens is 404 g/mol. The minimum absolute atomic E-state index is 0.0219. The van der Waals surface area contributed by atoms with Crippen molar-refractivity contribution in [1.82, 2.24) is 14.8 Å². The van der Waals surface area contributed by atoms with Crippen molar-refractivity contribution in [2.24, 2.45) is 0 Å². The first-order valence-electron chi connectivity index (χ1n) is 10.9. The summed E-state index contributed by atoms with van der Waals surface area (Å²) in [5.74, 6) is 0.465. The third kappa shape index (κ3) is 5.02. The van der Waals surface area contributed by atoms with Gasteiger partial charge in [-0.25, -0.2) is 0 Å². The Kier molecular flexibility index (Phi) is 7.37. The number of hydrogen-bond donors (Lipinski definition) is 1. The van der Waals surface area contributed by atoms with E-state index in [-0.39, 0.29) is 23.4 Å². The van der Waals surface area contributed by atoms with Gasteiger partial charge in [0.2, 0.25) is 5.91 Å². The molecule has 3 rings (SSSR count). The molecule has 168 valence electrons. The molecule has 32 heavy (non-hydrogen) atoms. The Labute approximate surface area is 189 Å². The zero-order chi connectivity index (χ0) is 23.3. The van der Waals surface area contributed by atoms with E-state index in [9.17, 15) is 14.9 Å². The Morgan fingerprint density at radius 1 is 1.28 bits per heavy atom. The first-order chi connectivity index (χ1) is 15.4. The van der Waals surface area contributed by atoms with Gasteiger partial charge in [-0.2, -0.15) is 5.26 Å². The van der Waals surface area contributed by atoms with Crippen molar-refractivity contribution in [3.63, 3.8) is 0 Å². The van der Waals surface area contributed by atoms with Crippen molar-refractivity contribution in [2.75, 3.05) is 20.2 Å². The molecule has 1 aliphatic rings. The van der Waals surface area contributed by atoms with Gasteiger partial charge < -0.3 is 19.5 Å². The molecule has 1 unspecified atom stereocenters. The first kappa shape index (κ1) is 23.1. The number of ether oxygens (including phenoxy) is 1. The van der Waals surface area contributed by atoms with Crippen LogP contribution in [0, 0.1) is 25.2 Å². The minimum Gasteiger partial charge on any atom is -0.497 e. The van der Waals surface area contributed by atoms with Gasteiger partial charge in [0.15, 0.2) is 0 Å². The molecule has 2 aromatic rings. The number of aryl methyl sites for hydroxylation is 1. The Morgan fingerprint density at radius 3 is 2.62 bits per heavy atom. The highest BCUT2D eigenvalue weighted by atomic mass is 16.5. The van der Waals surface area contributed by atoms with Gasteiger partial charge in [-0.3, -0.25) is 9.59 Å². The highest BCUT2D eigenvalue weighted by molar-refractivity contribution is 6.02. The monoisotopic (exact) mass is 434 g/mol. The van der Waals surface area contributed by atoms with Gasteiger partial charge in [-0.05, 0) is 68.7 Å². The maximum atomic E-state index is 13.1. The fourth-order valence-corrected chi connectivity index (χ4v) is 4.14. The second-order valence-electron chi connectivity index (χ2n) is 8.04. The Hall–Kier alpha value is -3.53. The van der Waals surface area contributed by atoms with E-state index in [0.29, 0.717) is 19.5 Å². The summed E-state index contributed by atoms with van der Waals surface area (Å²) in [7, 11) is 1.63. The molecule has 0 aliphatic carbocycles. The highest BCUT2D eigenvalue weighted by Gasteiger charge is 2.26. The molecule has 1 atom stereocenters. The lowest BCUT2D eigenvalue weighted by Gasteiger charge is -2.33. The first-order valence-corrected chi connectivity index (χ1v) is 10.9. The van der Waals surface area contributed by atoms with Gasteiger partial charge in [0.05, 0.1) is 7.11 Å². The number of benzene rings is 1. The number of carbonyl (C=O) groups is 2. The molecule has 0 saturated carbocycles. The standard InChI is InChI=1S/C25H30N4O3/c1-5-24(30)27-21-7-6-12-28(16-21)25(31)20(15-26)14-19-13-17(2)29(18(19)3)22-8-10-23(32-4)11-9-22/h8-11,13-14,21H,5-7,12,16H2,1-4H3,(H,27,30)/b20-14+. The Balaban J connectivity index is 1.83. The van der Waals surface area contributed by atoms with Crippen molar-refractivity contribution in [1.29, 1.82) is 5.26 Å². The van der Waals surface area contributed by atoms with Gasteiger partial charge in [0, 0.05) is 42.6 Å². The average Bonchev–Trinajstić information content (AvgIpc) is 3.09. The predicted molar refractivity (Wildman–Crippen MR) is 123 cm³/mol. The molecule has 1 fully saturated rings. The molecule has 0 spiro atoms. The number of nitrogens with one attached hydrogen (secondary N) is 1. The number of nitrogens with zero attached hydrogens (tertiary/aromatic N) is 3. The maximum Gasteiger partial charge on any atom is 0.264 e. The predicted octanol–water partition coefficient (Wildman–Crippen LogP) is 3.53. The normalized spacial score (nSPS) is 16.4. The fourth-order valence-electron chi connectivity index (χ4n) is 4.14. The molecular formula is C25H30N4O3. The van der Waals surface area contributed by atoms with Crippen molar-refractivity contribution in [3.05, 3.63) is 52.9 Å². The third-order valence-corrected chi connectivity index (χ3v) is 5.85. The number of aromatic nitrogens is 1. The van der Waals surface area contributed by atoms with E-state index in [1.54, 1.807) is 25.0 Å². The van der Waals surface area contributed by atoms with Gasteiger partial charge >= 0.3 is 0 Å². The van der Waals surface area contributed by atoms with E-state index in [1.165, 1.54) is 0 Å². The van der Waals surface area contributed by atoms with Crippen LogP contribution in [0.3, 0.4) is 0 Å². The minimum atomic E-state index is -0.294. The number of nitriles is 1. The van der Waals surface area contributed by atoms with Gasteiger partial charge in [0.25, 0.3) is 5.91 Å². The van der Waals surface area contributed by atoms with Crippen molar-refractivity contribution < 1.29 is 14.3 Å². The van der Waals surface area contributed by atoms with Gasteiger partial charge in [0.1, 0.15) is 17.4 Å². The van der Waals surface area contributed by atoms with E-state index >= 15 is 0 Å². The van der Waals surface area contributed by atoms with E-state index in [1.807, 2.05) is 44.2 Å². The molecule has 7 heteroatoms. The van der Waals surface area contributed by atoms with Crippen LogP contribution in [-0.2, 0) is 9.59 Å². The fraction of sp³-hybridized carbons (Fsp3) is 0.400. The van der Waals surface area contributed by atoms with Gasteiger partial charge in [-0.15, -0.1) is 0 Å². The number of amides is 2. The van der Waals surface area contributed by atoms with E-state index in [0.717, 1.165) is 41.2 Å². The van der Waals surface area contributed by atoms with Crippen molar-refractivity contribution >= 4 is 17.9 Å². The molecule has 1 saturated heterocycles. The van der Waals surface area contributed by atoms with Crippen LogP contribution in [0.15, 0.2) is 35.9 Å². The number of methoxy groups -OCH3 is 1. The number of hydrogen-bond acceptors (Lipinski definition) is 4. The third-order valence-electron chi connectivity index (χ3n) is 5.85. The van der Waals surface area contributed by atoms with Crippen molar-refractivity contribution in [2.45, 2.75) is 46.1 Å². The highest BCUT2D eigenvalue weighted by Crippen LogP contribution is 2.25. The molecule has 7 nitrogen and oxygen atoms in total. The van der Waals surface area contributed by atoms with Crippen LogP contribution in [0.1, 0.15) is 43.1 Å². The Bertz CT molecular complexity index is 1060.